The number of ether oxygens (including phenoxy) is 1. The Morgan fingerprint density at radius 1 is 1.31 bits per heavy atom. The van der Waals surface area contributed by atoms with Crippen molar-refractivity contribution in [3.05, 3.63) is 35.7 Å². The van der Waals surface area contributed by atoms with Crippen LogP contribution >= 0.6 is 0 Å². The first-order chi connectivity index (χ1) is 15.0. The van der Waals surface area contributed by atoms with E-state index < -0.39 is 15.9 Å². The Kier molecular flexibility index (Phi) is 5.52. The van der Waals surface area contributed by atoms with E-state index in [-0.39, 0.29) is 35.3 Å². The van der Waals surface area contributed by atoms with Crippen molar-refractivity contribution in [3.63, 3.8) is 0 Å². The molecule has 0 aliphatic carbocycles. The summed E-state index contributed by atoms with van der Waals surface area (Å²) in [5.74, 6) is 0.0336. The number of carbonyl (C=O) groups is 2. The number of carbonyl (C=O) groups excluding carboxylic acids is 2. The maximum absolute atomic E-state index is 13.3. The van der Waals surface area contributed by atoms with Crippen molar-refractivity contribution in [3.8, 4) is 5.75 Å². The largest absolute Gasteiger partial charge is 0.482 e. The number of nitrogens with zero attached hydrogens (tertiary/aromatic N) is 3. The number of hydrogen-bond donors (Lipinski definition) is 1. The van der Waals surface area contributed by atoms with Gasteiger partial charge in [0.2, 0.25) is 5.91 Å². The van der Waals surface area contributed by atoms with Gasteiger partial charge >= 0.3 is 0 Å². The summed E-state index contributed by atoms with van der Waals surface area (Å²) in [6.07, 6.45) is 3.76. The van der Waals surface area contributed by atoms with Gasteiger partial charge < -0.3 is 9.64 Å². The smallest absolute Gasteiger partial charge is 0.265 e. The van der Waals surface area contributed by atoms with E-state index in [1.54, 1.807) is 4.90 Å². The Balaban J connectivity index is 1.62. The molecule has 32 heavy (non-hydrogen) atoms. The number of aromatic amines is 1. The number of hydrogen-bond acceptors (Lipinski definition) is 6. The first kappa shape index (κ1) is 22.3. The molecule has 2 aliphatic heterocycles. The third-order valence-electron chi connectivity index (χ3n) is 6.00. The van der Waals surface area contributed by atoms with Crippen LogP contribution in [0.2, 0.25) is 0 Å². The number of rotatable bonds is 4. The molecule has 0 radical (unpaired) electrons. The minimum absolute atomic E-state index is 0.102. The molecule has 2 amide bonds. The summed E-state index contributed by atoms with van der Waals surface area (Å²) in [6, 6.07) is 5.28. The molecule has 1 atom stereocenters. The van der Waals surface area contributed by atoms with Crippen molar-refractivity contribution in [2.24, 2.45) is 0 Å². The van der Waals surface area contributed by atoms with Crippen LogP contribution in [-0.4, -0.2) is 61.3 Å². The average Bonchev–Trinajstić information content (AvgIpc) is 3.37. The first-order valence-corrected chi connectivity index (χ1v) is 12.5. The molecular weight excluding hydrogens is 432 g/mol. The molecule has 172 valence electrons. The van der Waals surface area contributed by atoms with Crippen LogP contribution in [0.15, 0.2) is 29.3 Å². The van der Waals surface area contributed by atoms with E-state index in [2.05, 4.69) is 31.0 Å². The van der Waals surface area contributed by atoms with Gasteiger partial charge in [0.15, 0.2) is 16.4 Å². The summed E-state index contributed by atoms with van der Waals surface area (Å²) in [4.78, 5) is 29.2. The van der Waals surface area contributed by atoms with Gasteiger partial charge in [-0.05, 0) is 36.0 Å². The molecule has 3 heterocycles. The van der Waals surface area contributed by atoms with Gasteiger partial charge in [-0.2, -0.15) is 5.10 Å². The zero-order chi connectivity index (χ0) is 23.3. The Bertz CT molecular complexity index is 1170. The van der Waals surface area contributed by atoms with E-state index in [0.717, 1.165) is 18.2 Å². The molecule has 10 heteroatoms. The average molecular weight is 461 g/mol. The zero-order valence-electron chi connectivity index (χ0n) is 18.7. The highest BCUT2D eigenvalue weighted by atomic mass is 32.2. The molecule has 0 bridgehead atoms. The topological polar surface area (TPSA) is 113 Å². The molecule has 1 fully saturated rings. The summed E-state index contributed by atoms with van der Waals surface area (Å²) >= 11 is 0. The molecule has 2 aromatic rings. The lowest BCUT2D eigenvalue weighted by Gasteiger charge is -2.33. The number of amides is 2. The highest BCUT2D eigenvalue weighted by Gasteiger charge is 2.37. The highest BCUT2D eigenvalue weighted by molar-refractivity contribution is 7.90. The minimum atomic E-state index is -3.48. The van der Waals surface area contributed by atoms with E-state index in [4.69, 9.17) is 4.74 Å². The summed E-state index contributed by atoms with van der Waals surface area (Å²) < 4.78 is 29.8. The number of benzene rings is 1. The second-order valence-electron chi connectivity index (χ2n) is 9.37. The molecule has 1 aromatic carbocycles. The van der Waals surface area contributed by atoms with Crippen LogP contribution in [0.4, 0.5) is 5.69 Å². The highest BCUT2D eigenvalue weighted by Crippen LogP contribution is 2.38. The number of sulfone groups is 1. The number of likely N-dealkylation sites (tertiary alicyclic amines) is 1. The van der Waals surface area contributed by atoms with E-state index in [9.17, 15) is 18.0 Å². The zero-order valence-corrected chi connectivity index (χ0v) is 19.5. The standard InChI is InChI=1S/C22H28N4O5S/c1-22(2,3)14-7-8-17-16(10-14)26(20(28)13-31-17)12-19(27)25-9-5-6-15(25)21-18(11-23-24-21)32(4,29)30/h7-8,10-11,15H,5-6,9,12-13H2,1-4H3,(H,23,24)/t15-/m0/s1. The molecule has 0 unspecified atom stereocenters. The number of aromatic nitrogens is 2. The Hall–Kier alpha value is -2.88. The Morgan fingerprint density at radius 2 is 2.06 bits per heavy atom. The van der Waals surface area contributed by atoms with Crippen LogP contribution in [-0.2, 0) is 24.8 Å². The maximum atomic E-state index is 13.3. The fraction of sp³-hybridized carbons (Fsp3) is 0.500. The van der Waals surface area contributed by atoms with Crippen LogP contribution < -0.4 is 9.64 Å². The van der Waals surface area contributed by atoms with Crippen LogP contribution in [0.5, 0.6) is 5.75 Å². The van der Waals surface area contributed by atoms with Gasteiger partial charge in [-0.25, -0.2) is 8.42 Å². The predicted octanol–water partition coefficient (Wildman–Crippen LogP) is 2.20. The van der Waals surface area contributed by atoms with Gasteiger partial charge in [-0.3, -0.25) is 19.6 Å². The third-order valence-corrected chi connectivity index (χ3v) is 7.12. The molecule has 9 nitrogen and oxygen atoms in total. The van der Waals surface area contributed by atoms with E-state index >= 15 is 0 Å². The molecule has 1 N–H and O–H groups in total. The second kappa shape index (κ2) is 7.91. The minimum Gasteiger partial charge on any atom is -0.482 e. The first-order valence-electron chi connectivity index (χ1n) is 10.6. The SMILES string of the molecule is CC(C)(C)c1ccc2c(c1)N(CC(=O)N1CCC[C@H]1c1[nH]ncc1S(C)(=O)=O)C(=O)CO2. The van der Waals surface area contributed by atoms with E-state index in [0.29, 0.717) is 30.1 Å². The van der Waals surface area contributed by atoms with E-state index in [1.165, 1.54) is 11.1 Å². The Morgan fingerprint density at radius 3 is 2.75 bits per heavy atom. The summed E-state index contributed by atoms with van der Waals surface area (Å²) in [5, 5.41) is 6.66. The van der Waals surface area contributed by atoms with Crippen molar-refractivity contribution in [2.45, 2.75) is 50.0 Å². The maximum Gasteiger partial charge on any atom is 0.265 e. The fourth-order valence-corrected chi connectivity index (χ4v) is 5.08. The van der Waals surface area contributed by atoms with Gasteiger partial charge in [0.1, 0.15) is 17.2 Å². The molecular formula is C22H28N4O5S. The van der Waals surface area contributed by atoms with Gasteiger partial charge in [0.05, 0.1) is 23.6 Å². The molecule has 4 rings (SSSR count). The quantitative estimate of drug-likeness (QED) is 0.749. The lowest BCUT2D eigenvalue weighted by molar-refractivity contribution is -0.132. The molecule has 1 saturated heterocycles. The van der Waals surface area contributed by atoms with Crippen molar-refractivity contribution in [2.75, 3.05) is 30.9 Å². The van der Waals surface area contributed by atoms with Gasteiger partial charge in [0, 0.05) is 12.8 Å². The summed E-state index contributed by atoms with van der Waals surface area (Å²) in [6.45, 7) is 6.45. The second-order valence-corrected chi connectivity index (χ2v) is 11.4. The molecule has 1 aromatic heterocycles. The number of anilines is 1. The molecule has 0 spiro atoms. The molecule has 0 saturated carbocycles. The normalized spacial score (nSPS) is 19.1. The van der Waals surface area contributed by atoms with Gasteiger partial charge in [-0.15, -0.1) is 0 Å². The van der Waals surface area contributed by atoms with Crippen molar-refractivity contribution in [1.29, 1.82) is 0 Å². The predicted molar refractivity (Wildman–Crippen MR) is 118 cm³/mol. The molecule has 2 aliphatic rings. The summed E-state index contributed by atoms with van der Waals surface area (Å²) in [5.41, 5.74) is 1.90. The lowest BCUT2D eigenvalue weighted by Crippen LogP contribution is -2.46. The monoisotopic (exact) mass is 460 g/mol. The third kappa shape index (κ3) is 4.11. The fourth-order valence-electron chi connectivity index (χ4n) is 4.25. The van der Waals surface area contributed by atoms with Gasteiger partial charge in [-0.1, -0.05) is 26.8 Å². The van der Waals surface area contributed by atoms with Crippen LogP contribution in [0.25, 0.3) is 0 Å². The van der Waals surface area contributed by atoms with Crippen molar-refractivity contribution >= 4 is 27.3 Å². The van der Waals surface area contributed by atoms with Crippen molar-refractivity contribution < 1.29 is 22.7 Å². The lowest BCUT2D eigenvalue weighted by atomic mass is 9.86. The van der Waals surface area contributed by atoms with Crippen LogP contribution in [0.1, 0.15) is 50.9 Å². The number of H-pyrrole nitrogens is 1. The Labute approximate surface area is 187 Å². The number of nitrogens with one attached hydrogen (secondary N) is 1. The van der Waals surface area contributed by atoms with Crippen LogP contribution in [0, 0.1) is 0 Å². The van der Waals surface area contributed by atoms with Gasteiger partial charge in [0.25, 0.3) is 5.91 Å². The van der Waals surface area contributed by atoms with E-state index in [1.807, 2.05) is 18.2 Å². The van der Waals surface area contributed by atoms with Crippen molar-refractivity contribution in [1.82, 2.24) is 15.1 Å². The summed E-state index contributed by atoms with van der Waals surface area (Å²) in [7, 11) is -3.48. The van der Waals surface area contributed by atoms with Crippen LogP contribution in [0.3, 0.4) is 0 Å². The number of fused-ring (bicyclic) bond motifs is 1.